The number of nitrogens with zero attached hydrogens (tertiary/aromatic N) is 2. The maximum absolute atomic E-state index is 13.0. The van der Waals surface area contributed by atoms with E-state index in [-0.39, 0.29) is 23.9 Å². The molecular weight excluding hydrogens is 366 g/mol. The molecule has 0 aromatic heterocycles. The quantitative estimate of drug-likeness (QED) is 0.742. The normalized spacial score (nSPS) is 19.9. The van der Waals surface area contributed by atoms with Crippen LogP contribution in [0, 0.1) is 5.92 Å². The van der Waals surface area contributed by atoms with Crippen molar-refractivity contribution in [2.75, 3.05) is 32.8 Å². The van der Waals surface area contributed by atoms with Gasteiger partial charge in [0.15, 0.2) is 0 Å². The molecule has 0 aliphatic carbocycles. The number of ether oxygens (including phenoxy) is 1. The summed E-state index contributed by atoms with van der Waals surface area (Å²) in [7, 11) is 0. The van der Waals surface area contributed by atoms with E-state index in [0.29, 0.717) is 25.4 Å². The van der Waals surface area contributed by atoms with Crippen LogP contribution in [0.5, 0.6) is 5.75 Å². The van der Waals surface area contributed by atoms with Crippen molar-refractivity contribution < 1.29 is 14.3 Å². The molecule has 0 unspecified atom stereocenters. The first kappa shape index (κ1) is 21.6. The van der Waals surface area contributed by atoms with Crippen molar-refractivity contribution in [2.24, 2.45) is 5.92 Å². The van der Waals surface area contributed by atoms with Crippen molar-refractivity contribution in [2.45, 2.75) is 58.4 Å². The lowest BCUT2D eigenvalue weighted by atomic mass is 9.87. The third-order valence-electron chi connectivity index (χ3n) is 5.88. The first-order valence-corrected chi connectivity index (χ1v) is 10.7. The van der Waals surface area contributed by atoms with Gasteiger partial charge >= 0.3 is 6.03 Å². The SMILES string of the molecule is CC(C)CN1CCC2(CC1)NC(=O)N(CCOc1ccc(C(C)(C)C)cc1)C2=O. The number of rotatable bonds is 6. The van der Waals surface area contributed by atoms with Crippen LogP contribution < -0.4 is 10.1 Å². The summed E-state index contributed by atoms with van der Waals surface area (Å²) >= 11 is 0. The Kier molecular flexibility index (Phi) is 6.22. The van der Waals surface area contributed by atoms with E-state index < -0.39 is 5.54 Å². The molecule has 2 fully saturated rings. The second kappa shape index (κ2) is 8.34. The van der Waals surface area contributed by atoms with Gasteiger partial charge in [-0.15, -0.1) is 0 Å². The fourth-order valence-electron chi connectivity index (χ4n) is 4.16. The average Bonchev–Trinajstić information content (AvgIpc) is 2.87. The number of imide groups is 1. The van der Waals surface area contributed by atoms with Crippen LogP contribution in [0.2, 0.25) is 0 Å². The van der Waals surface area contributed by atoms with Crippen molar-refractivity contribution in [1.29, 1.82) is 0 Å². The Morgan fingerprint density at radius 3 is 2.28 bits per heavy atom. The van der Waals surface area contributed by atoms with Gasteiger partial charge in [-0.05, 0) is 41.9 Å². The van der Waals surface area contributed by atoms with Crippen LogP contribution in [0.15, 0.2) is 24.3 Å². The van der Waals surface area contributed by atoms with Crippen LogP contribution in [-0.4, -0.2) is 60.1 Å². The Balaban J connectivity index is 1.52. The highest BCUT2D eigenvalue weighted by Gasteiger charge is 2.52. The molecule has 6 nitrogen and oxygen atoms in total. The molecule has 0 saturated carbocycles. The zero-order valence-corrected chi connectivity index (χ0v) is 18.5. The minimum absolute atomic E-state index is 0.0949. The van der Waals surface area contributed by atoms with E-state index in [0.717, 1.165) is 25.4 Å². The summed E-state index contributed by atoms with van der Waals surface area (Å²) in [5.74, 6) is 1.25. The molecule has 2 aliphatic heterocycles. The van der Waals surface area contributed by atoms with Gasteiger partial charge in [0.05, 0.1) is 6.54 Å². The number of piperidine rings is 1. The van der Waals surface area contributed by atoms with Crippen LogP contribution in [0.1, 0.15) is 53.0 Å². The minimum atomic E-state index is -0.723. The highest BCUT2D eigenvalue weighted by molar-refractivity contribution is 6.07. The molecule has 3 rings (SSSR count). The Morgan fingerprint density at radius 1 is 1.10 bits per heavy atom. The molecule has 0 atom stereocenters. The second-order valence-electron chi connectivity index (χ2n) is 9.79. The fraction of sp³-hybridized carbons (Fsp3) is 0.652. The van der Waals surface area contributed by atoms with Crippen LogP contribution in [0.3, 0.4) is 0 Å². The first-order chi connectivity index (χ1) is 13.6. The molecule has 1 aromatic carbocycles. The van der Waals surface area contributed by atoms with Crippen molar-refractivity contribution in [1.82, 2.24) is 15.1 Å². The molecule has 0 radical (unpaired) electrons. The van der Waals surface area contributed by atoms with Gasteiger partial charge in [0.2, 0.25) is 0 Å². The highest BCUT2D eigenvalue weighted by atomic mass is 16.5. The summed E-state index contributed by atoms with van der Waals surface area (Å²) in [5.41, 5.74) is 0.612. The topological polar surface area (TPSA) is 61.9 Å². The lowest BCUT2D eigenvalue weighted by Crippen LogP contribution is -2.55. The van der Waals surface area contributed by atoms with E-state index in [2.05, 4.69) is 57.0 Å². The van der Waals surface area contributed by atoms with E-state index in [4.69, 9.17) is 4.74 Å². The number of hydrogen-bond acceptors (Lipinski definition) is 4. The predicted molar refractivity (Wildman–Crippen MR) is 114 cm³/mol. The van der Waals surface area contributed by atoms with Crippen molar-refractivity contribution in [3.05, 3.63) is 29.8 Å². The second-order valence-corrected chi connectivity index (χ2v) is 9.79. The molecule has 0 bridgehead atoms. The number of nitrogens with one attached hydrogen (secondary N) is 1. The fourth-order valence-corrected chi connectivity index (χ4v) is 4.16. The van der Waals surface area contributed by atoms with Crippen molar-refractivity contribution in [3.63, 3.8) is 0 Å². The number of amides is 3. The van der Waals surface area contributed by atoms with Gasteiger partial charge < -0.3 is 15.0 Å². The summed E-state index contributed by atoms with van der Waals surface area (Å²) < 4.78 is 5.79. The third kappa shape index (κ3) is 4.92. The van der Waals surface area contributed by atoms with Gasteiger partial charge in [-0.3, -0.25) is 9.69 Å². The molecular formula is C23H35N3O3. The number of carbonyl (C=O) groups excluding carboxylic acids is 2. The molecule has 3 amide bonds. The Labute approximate surface area is 174 Å². The number of carbonyl (C=O) groups is 2. The maximum atomic E-state index is 13.0. The monoisotopic (exact) mass is 401 g/mol. The molecule has 2 aliphatic rings. The summed E-state index contributed by atoms with van der Waals surface area (Å²) in [6, 6.07) is 7.71. The van der Waals surface area contributed by atoms with E-state index in [9.17, 15) is 9.59 Å². The van der Waals surface area contributed by atoms with E-state index in [1.807, 2.05) is 12.1 Å². The van der Waals surface area contributed by atoms with Gasteiger partial charge in [-0.25, -0.2) is 4.79 Å². The Morgan fingerprint density at radius 2 is 1.72 bits per heavy atom. The van der Waals surface area contributed by atoms with Crippen LogP contribution in [-0.2, 0) is 10.2 Å². The minimum Gasteiger partial charge on any atom is -0.492 e. The molecule has 2 heterocycles. The first-order valence-electron chi connectivity index (χ1n) is 10.7. The zero-order chi connectivity index (χ0) is 21.2. The standard InChI is InChI=1S/C23H35N3O3/c1-17(2)16-25-12-10-23(11-13-25)20(27)26(21(28)24-23)14-15-29-19-8-6-18(7-9-19)22(3,4)5/h6-9,17H,10-16H2,1-5H3,(H,24,28). The lowest BCUT2D eigenvalue weighted by Gasteiger charge is -2.37. The smallest absolute Gasteiger partial charge is 0.325 e. The molecule has 1 N–H and O–H groups in total. The molecule has 1 spiro atoms. The van der Waals surface area contributed by atoms with E-state index >= 15 is 0 Å². The summed E-state index contributed by atoms with van der Waals surface area (Å²) in [6.07, 6.45) is 1.35. The molecule has 6 heteroatoms. The van der Waals surface area contributed by atoms with Crippen LogP contribution in [0.25, 0.3) is 0 Å². The van der Waals surface area contributed by atoms with Gasteiger partial charge in [-0.2, -0.15) is 0 Å². The Bertz CT molecular complexity index is 729. The van der Waals surface area contributed by atoms with Crippen molar-refractivity contribution in [3.8, 4) is 5.75 Å². The largest absolute Gasteiger partial charge is 0.492 e. The molecule has 160 valence electrons. The average molecular weight is 402 g/mol. The summed E-state index contributed by atoms with van der Waals surface area (Å²) in [6.45, 7) is 14.2. The summed E-state index contributed by atoms with van der Waals surface area (Å²) in [4.78, 5) is 29.1. The van der Waals surface area contributed by atoms with Crippen LogP contribution >= 0.6 is 0 Å². The van der Waals surface area contributed by atoms with Crippen molar-refractivity contribution >= 4 is 11.9 Å². The van der Waals surface area contributed by atoms with Gasteiger partial charge in [0, 0.05) is 19.6 Å². The van der Waals surface area contributed by atoms with E-state index in [1.54, 1.807) is 0 Å². The van der Waals surface area contributed by atoms with E-state index in [1.165, 1.54) is 10.5 Å². The molecule has 1 aromatic rings. The lowest BCUT2D eigenvalue weighted by molar-refractivity contribution is -0.133. The Hall–Kier alpha value is -2.08. The molecule has 29 heavy (non-hydrogen) atoms. The number of benzene rings is 1. The maximum Gasteiger partial charge on any atom is 0.325 e. The van der Waals surface area contributed by atoms with Crippen LogP contribution in [0.4, 0.5) is 4.79 Å². The number of urea groups is 1. The van der Waals surface area contributed by atoms with Gasteiger partial charge in [0.25, 0.3) is 5.91 Å². The number of likely N-dealkylation sites (tertiary alicyclic amines) is 1. The predicted octanol–water partition coefficient (Wildman–Crippen LogP) is 3.41. The number of hydrogen-bond donors (Lipinski definition) is 1. The molecule has 2 saturated heterocycles. The zero-order valence-electron chi connectivity index (χ0n) is 18.5. The highest BCUT2D eigenvalue weighted by Crippen LogP contribution is 2.30. The third-order valence-corrected chi connectivity index (χ3v) is 5.88. The summed E-state index contributed by atoms with van der Waals surface area (Å²) in [5, 5.41) is 2.97. The van der Waals surface area contributed by atoms with Gasteiger partial charge in [0.1, 0.15) is 17.9 Å². The van der Waals surface area contributed by atoms with Gasteiger partial charge in [-0.1, -0.05) is 46.8 Å².